The maximum absolute atomic E-state index is 14.0. The number of hydrogen-bond acceptors (Lipinski definition) is 6. The average molecular weight is 538 g/mol. The maximum atomic E-state index is 14.0. The van der Waals surface area contributed by atoms with E-state index in [1.54, 1.807) is 6.20 Å². The Balaban J connectivity index is 1.47. The van der Waals surface area contributed by atoms with Gasteiger partial charge in [0, 0.05) is 44.1 Å². The van der Waals surface area contributed by atoms with E-state index < -0.39 is 0 Å². The van der Waals surface area contributed by atoms with Crippen molar-refractivity contribution < 1.29 is 14.4 Å². The molecule has 1 aromatic heterocycles. The van der Waals surface area contributed by atoms with Gasteiger partial charge < -0.3 is 15.0 Å². The van der Waals surface area contributed by atoms with Gasteiger partial charge in [-0.05, 0) is 60.5 Å². The van der Waals surface area contributed by atoms with Gasteiger partial charge in [0.15, 0.2) is 0 Å². The number of amides is 1. The number of carbonyl (C=O) groups excluding carboxylic acids is 1. The number of hydrogen-bond donors (Lipinski definition) is 2. The van der Waals surface area contributed by atoms with Crippen molar-refractivity contribution in [2.24, 2.45) is 0 Å². The van der Waals surface area contributed by atoms with Gasteiger partial charge in [0.1, 0.15) is 4.87 Å². The third-order valence-corrected chi connectivity index (χ3v) is 7.65. The molecule has 3 heterocycles. The first-order chi connectivity index (χ1) is 18.8. The van der Waals surface area contributed by atoms with Crippen LogP contribution in [0.4, 0.5) is 5.69 Å². The van der Waals surface area contributed by atoms with Crippen LogP contribution >= 0.6 is 0 Å². The van der Waals surface area contributed by atoms with E-state index in [0.29, 0.717) is 25.9 Å². The molecule has 9 heteroatoms. The number of aromatic nitrogens is 1. The molecule has 0 spiro atoms. The Labute approximate surface area is 232 Å². The summed E-state index contributed by atoms with van der Waals surface area (Å²) in [5, 5.41) is 3.39. The summed E-state index contributed by atoms with van der Waals surface area (Å²) in [4.78, 5) is 36.1. The lowest BCUT2D eigenvalue weighted by molar-refractivity contribution is -0.607. The molecule has 2 aromatic rings. The van der Waals surface area contributed by atoms with Gasteiger partial charge >= 0.3 is 0 Å². The molecule has 2 atom stereocenters. The predicted octanol–water partition coefficient (Wildman–Crippen LogP) is 3.60. The molecule has 1 aromatic carbocycles. The average Bonchev–Trinajstić information content (AvgIpc) is 3.48. The highest BCUT2D eigenvalue weighted by molar-refractivity contribution is 5.98. The van der Waals surface area contributed by atoms with Crippen LogP contribution in [0, 0.1) is 4.91 Å². The SMILES string of the molecule is CC(C)(C)c1ccc(N(C(=O)[C@H]2CCCN2)C(CCC[N+](=O)NCCN2CCOCC2)c2cccnc2)cc1. The number of nitrogens with one attached hydrogen (secondary N) is 2. The molecule has 2 aliphatic rings. The van der Waals surface area contributed by atoms with E-state index in [1.165, 1.54) is 5.56 Å². The Morgan fingerprint density at radius 2 is 2.00 bits per heavy atom. The first-order valence-corrected chi connectivity index (χ1v) is 14.4. The zero-order valence-electron chi connectivity index (χ0n) is 23.8. The molecule has 9 nitrogen and oxygen atoms in total. The highest BCUT2D eigenvalue weighted by Crippen LogP contribution is 2.34. The first-order valence-electron chi connectivity index (χ1n) is 14.4. The molecule has 0 radical (unpaired) electrons. The van der Waals surface area contributed by atoms with E-state index in [9.17, 15) is 9.70 Å². The number of nitrogens with zero attached hydrogens (tertiary/aromatic N) is 4. The summed E-state index contributed by atoms with van der Waals surface area (Å²) in [7, 11) is 0. The van der Waals surface area contributed by atoms with Gasteiger partial charge in [-0.3, -0.25) is 14.7 Å². The van der Waals surface area contributed by atoms with Crippen LogP contribution in [0.1, 0.15) is 63.6 Å². The van der Waals surface area contributed by atoms with Gasteiger partial charge in [-0.15, -0.1) is 0 Å². The van der Waals surface area contributed by atoms with E-state index in [1.807, 2.05) is 23.2 Å². The second kappa shape index (κ2) is 14.0. The number of benzene rings is 1. The number of morpholine rings is 1. The van der Waals surface area contributed by atoms with Crippen LogP contribution in [0.15, 0.2) is 48.8 Å². The van der Waals surface area contributed by atoms with Crippen LogP contribution in [0.3, 0.4) is 0 Å². The monoisotopic (exact) mass is 537 g/mol. The Kier molecular flexibility index (Phi) is 10.4. The smallest absolute Gasteiger partial charge is 0.244 e. The lowest BCUT2D eigenvalue weighted by Crippen LogP contribution is -2.46. The molecular formula is C30H45N6O3+. The minimum atomic E-state index is -0.226. The molecule has 39 heavy (non-hydrogen) atoms. The van der Waals surface area contributed by atoms with Gasteiger partial charge in [-0.25, -0.2) is 0 Å². The fourth-order valence-electron chi connectivity index (χ4n) is 5.33. The van der Waals surface area contributed by atoms with Gasteiger partial charge in [0.2, 0.25) is 12.5 Å². The molecule has 0 aliphatic carbocycles. The molecule has 212 valence electrons. The second-order valence-corrected chi connectivity index (χ2v) is 11.6. The summed E-state index contributed by atoms with van der Waals surface area (Å²) >= 11 is 0. The Morgan fingerprint density at radius 3 is 2.64 bits per heavy atom. The molecule has 2 saturated heterocycles. The van der Waals surface area contributed by atoms with Gasteiger partial charge in [0.25, 0.3) is 0 Å². The lowest BCUT2D eigenvalue weighted by atomic mass is 9.87. The van der Waals surface area contributed by atoms with Crippen LogP contribution < -0.4 is 15.6 Å². The normalized spacial score (nSPS) is 19.0. The zero-order chi connectivity index (χ0) is 27.7. The van der Waals surface area contributed by atoms with Gasteiger partial charge in [-0.2, -0.15) is 5.43 Å². The van der Waals surface area contributed by atoms with Crippen molar-refractivity contribution in [1.82, 2.24) is 20.6 Å². The number of hydrazine groups is 1. The maximum Gasteiger partial charge on any atom is 0.244 e. The quantitative estimate of drug-likeness (QED) is 0.316. The molecular weight excluding hydrogens is 492 g/mol. The summed E-state index contributed by atoms with van der Waals surface area (Å²) in [5.41, 5.74) is 6.08. The topological polar surface area (TPSA) is 89.8 Å². The fourth-order valence-corrected chi connectivity index (χ4v) is 5.33. The zero-order valence-corrected chi connectivity index (χ0v) is 23.8. The molecule has 2 aliphatic heterocycles. The van der Waals surface area contributed by atoms with Crippen molar-refractivity contribution in [2.45, 2.75) is 64.0 Å². The Hall–Kier alpha value is -2.88. The van der Waals surface area contributed by atoms with Gasteiger partial charge in [0.05, 0.1) is 36.7 Å². The van der Waals surface area contributed by atoms with Crippen molar-refractivity contribution in [3.8, 4) is 0 Å². The van der Waals surface area contributed by atoms with E-state index in [2.05, 4.69) is 65.7 Å². The van der Waals surface area contributed by atoms with Crippen molar-refractivity contribution in [2.75, 3.05) is 57.4 Å². The number of rotatable bonds is 12. The standard InChI is InChI=1S/C30H45N6O3/c1-30(2,3)25-10-12-26(13-11-25)36(29(37)27-8-5-15-32-27)28(24-7-4-14-31-23-24)9-6-17-35(38)33-16-18-34-19-21-39-22-20-34/h4,7,10-14,23,27-28,32H,5-6,8-9,15-22H2,1-3H3,(H,33,38)/q+1/t27-,28?/m1/s1. The molecule has 4 rings (SSSR count). The lowest BCUT2D eigenvalue weighted by Gasteiger charge is -2.34. The van der Waals surface area contributed by atoms with Crippen LogP contribution in [-0.2, 0) is 14.9 Å². The van der Waals surface area contributed by atoms with E-state index >= 15 is 0 Å². The third kappa shape index (κ3) is 8.30. The van der Waals surface area contributed by atoms with E-state index in [-0.39, 0.29) is 23.4 Å². The molecule has 1 amide bonds. The summed E-state index contributed by atoms with van der Waals surface area (Å²) in [6.45, 7) is 12.5. The summed E-state index contributed by atoms with van der Waals surface area (Å²) < 4.78 is 5.39. The summed E-state index contributed by atoms with van der Waals surface area (Å²) in [5.74, 6) is 0.0764. The predicted molar refractivity (Wildman–Crippen MR) is 154 cm³/mol. The number of nitroso groups, excluding NO2 is 1. The molecule has 0 bridgehead atoms. The van der Waals surface area contributed by atoms with E-state index in [0.717, 1.165) is 68.4 Å². The third-order valence-electron chi connectivity index (χ3n) is 7.65. The largest absolute Gasteiger partial charge is 0.379 e. The molecule has 2 N–H and O–H groups in total. The highest BCUT2D eigenvalue weighted by atomic mass is 16.5. The van der Waals surface area contributed by atoms with Crippen molar-refractivity contribution in [3.63, 3.8) is 0 Å². The Morgan fingerprint density at radius 1 is 1.23 bits per heavy atom. The molecule has 0 saturated carbocycles. The van der Waals surface area contributed by atoms with Crippen molar-refractivity contribution in [3.05, 3.63) is 64.8 Å². The number of carbonyl (C=O) groups is 1. The minimum absolute atomic E-state index is 0.0233. The first kappa shape index (κ1) is 29.1. The highest BCUT2D eigenvalue weighted by Gasteiger charge is 2.34. The number of pyridine rings is 1. The minimum Gasteiger partial charge on any atom is -0.379 e. The van der Waals surface area contributed by atoms with Crippen molar-refractivity contribution >= 4 is 11.6 Å². The van der Waals surface area contributed by atoms with E-state index in [4.69, 9.17) is 4.74 Å². The van der Waals surface area contributed by atoms with Crippen LogP contribution in [0.2, 0.25) is 0 Å². The van der Waals surface area contributed by atoms with Crippen molar-refractivity contribution in [1.29, 1.82) is 0 Å². The Bertz CT molecular complexity index is 1040. The second-order valence-electron chi connectivity index (χ2n) is 11.6. The van der Waals surface area contributed by atoms with Crippen LogP contribution in [-0.4, -0.2) is 79.2 Å². The molecule has 2 fully saturated rings. The van der Waals surface area contributed by atoms with Gasteiger partial charge in [-0.1, -0.05) is 39.0 Å². The number of ether oxygens (including phenoxy) is 1. The summed E-state index contributed by atoms with van der Waals surface area (Å²) in [6.07, 6.45) is 6.69. The van der Waals surface area contributed by atoms with Crippen LogP contribution in [0.5, 0.6) is 0 Å². The molecule has 1 unspecified atom stereocenters. The fraction of sp³-hybridized carbons (Fsp3) is 0.600. The van der Waals surface area contributed by atoms with Crippen LogP contribution in [0.25, 0.3) is 0 Å². The summed E-state index contributed by atoms with van der Waals surface area (Å²) in [6, 6.07) is 11.9. The number of anilines is 1.